The van der Waals surface area contributed by atoms with Crippen molar-refractivity contribution < 1.29 is 28.6 Å². The van der Waals surface area contributed by atoms with Crippen LogP contribution in [0.4, 0.5) is 0 Å². The van der Waals surface area contributed by atoms with Crippen LogP contribution in [0.3, 0.4) is 0 Å². The number of carbonyl (C=O) groups excluding carboxylic acids is 3. The van der Waals surface area contributed by atoms with Gasteiger partial charge in [0.2, 0.25) is 0 Å². The predicted octanol–water partition coefficient (Wildman–Crippen LogP) is 19.2. The summed E-state index contributed by atoms with van der Waals surface area (Å²) in [5.74, 6) is -0.889. The zero-order chi connectivity index (χ0) is 49.3. The molecule has 0 aromatic carbocycles. The first kappa shape index (κ1) is 64.6. The van der Waals surface area contributed by atoms with E-state index in [4.69, 9.17) is 14.2 Å². The van der Waals surface area contributed by atoms with Gasteiger partial charge in [-0.25, -0.2) is 0 Å². The van der Waals surface area contributed by atoms with Gasteiger partial charge in [0.25, 0.3) is 0 Å². The molecule has 1 unspecified atom stereocenters. The van der Waals surface area contributed by atoms with Gasteiger partial charge in [0.05, 0.1) is 0 Å². The zero-order valence-corrected chi connectivity index (χ0v) is 44.6. The Balaban J connectivity index is 4.17. The number of hydrogen-bond donors (Lipinski definition) is 0. The summed E-state index contributed by atoms with van der Waals surface area (Å²) in [6.07, 6.45) is 73.1. The maximum atomic E-state index is 12.8. The molecule has 0 saturated carbocycles. The molecular weight excluding hydrogens is 841 g/mol. The molecule has 0 aliphatic heterocycles. The van der Waals surface area contributed by atoms with Crippen molar-refractivity contribution in [3.8, 4) is 0 Å². The second kappa shape index (κ2) is 56.2. The maximum Gasteiger partial charge on any atom is 0.306 e. The molecular formula is C62H106O6. The van der Waals surface area contributed by atoms with Crippen molar-refractivity contribution in [2.75, 3.05) is 13.2 Å². The van der Waals surface area contributed by atoms with Crippen LogP contribution < -0.4 is 0 Å². The molecule has 0 aromatic heterocycles. The molecule has 68 heavy (non-hydrogen) atoms. The molecule has 0 spiro atoms. The van der Waals surface area contributed by atoms with E-state index in [9.17, 15) is 14.4 Å². The van der Waals surface area contributed by atoms with Gasteiger partial charge in [0.15, 0.2) is 6.10 Å². The van der Waals surface area contributed by atoms with E-state index in [1.54, 1.807) is 0 Å². The molecule has 0 saturated heterocycles. The molecule has 6 heteroatoms. The van der Waals surface area contributed by atoms with Gasteiger partial charge < -0.3 is 14.2 Å². The molecule has 1 atom stereocenters. The van der Waals surface area contributed by atoms with E-state index in [0.29, 0.717) is 19.3 Å². The molecule has 0 bridgehead atoms. The van der Waals surface area contributed by atoms with Crippen LogP contribution in [0.15, 0.2) is 85.1 Å². The molecule has 0 N–H and O–H groups in total. The fourth-order valence-electron chi connectivity index (χ4n) is 7.89. The maximum absolute atomic E-state index is 12.8. The highest BCUT2D eigenvalue weighted by molar-refractivity contribution is 5.71. The highest BCUT2D eigenvalue weighted by atomic mass is 16.6. The Morgan fingerprint density at radius 2 is 0.574 bits per heavy atom. The van der Waals surface area contributed by atoms with Gasteiger partial charge >= 0.3 is 17.9 Å². The van der Waals surface area contributed by atoms with Crippen molar-refractivity contribution >= 4 is 17.9 Å². The molecule has 6 nitrogen and oxygen atoms in total. The highest BCUT2D eigenvalue weighted by Crippen LogP contribution is 2.15. The molecule has 0 aliphatic rings. The van der Waals surface area contributed by atoms with Crippen LogP contribution in [0.1, 0.15) is 271 Å². The number of ether oxygens (including phenoxy) is 3. The lowest BCUT2D eigenvalue weighted by molar-refractivity contribution is -0.167. The van der Waals surface area contributed by atoms with Gasteiger partial charge in [-0.05, 0) is 77.0 Å². The van der Waals surface area contributed by atoms with Crippen LogP contribution in [-0.4, -0.2) is 37.2 Å². The summed E-state index contributed by atoms with van der Waals surface area (Å²) in [6, 6.07) is 0. The van der Waals surface area contributed by atoms with Gasteiger partial charge in [-0.2, -0.15) is 0 Å². The second-order valence-corrected chi connectivity index (χ2v) is 18.8. The first-order valence-corrected chi connectivity index (χ1v) is 28.6. The highest BCUT2D eigenvalue weighted by Gasteiger charge is 2.19. The summed E-state index contributed by atoms with van der Waals surface area (Å²) in [7, 11) is 0. The molecule has 0 aromatic rings. The predicted molar refractivity (Wildman–Crippen MR) is 293 cm³/mol. The summed E-state index contributed by atoms with van der Waals surface area (Å²) >= 11 is 0. The lowest BCUT2D eigenvalue weighted by atomic mass is 10.0. The van der Waals surface area contributed by atoms with Gasteiger partial charge in [-0.1, -0.05) is 260 Å². The molecule has 0 aliphatic carbocycles. The van der Waals surface area contributed by atoms with E-state index in [1.807, 2.05) is 0 Å². The Bertz CT molecular complexity index is 1320. The van der Waals surface area contributed by atoms with E-state index in [0.717, 1.165) is 109 Å². The van der Waals surface area contributed by atoms with E-state index in [-0.39, 0.29) is 31.1 Å². The SMILES string of the molecule is CC/C=C\C/C=C\C/C=C\C/C=C\C/C=C\C/C=C\C/C=C\CCCCCCCCCC(=O)OCC(COC(=O)CCCCCCCCC)OC(=O)CCCCCCCCCCCCCCCC. The molecule has 0 rings (SSSR count). The smallest absolute Gasteiger partial charge is 0.306 e. The molecule has 0 radical (unpaired) electrons. The minimum absolute atomic E-state index is 0.0770. The Labute approximate surface area is 420 Å². The number of rotatable bonds is 51. The Kier molecular flexibility index (Phi) is 53.4. The van der Waals surface area contributed by atoms with E-state index in [1.165, 1.54) is 122 Å². The Hall–Kier alpha value is -3.41. The number of hydrogen-bond acceptors (Lipinski definition) is 6. The van der Waals surface area contributed by atoms with Crippen LogP contribution in [0.5, 0.6) is 0 Å². The van der Waals surface area contributed by atoms with Crippen LogP contribution in [0.25, 0.3) is 0 Å². The molecule has 0 heterocycles. The summed E-state index contributed by atoms with van der Waals surface area (Å²) in [4.78, 5) is 37.9. The summed E-state index contributed by atoms with van der Waals surface area (Å²) in [6.45, 7) is 6.48. The van der Waals surface area contributed by atoms with E-state index < -0.39 is 6.10 Å². The Morgan fingerprint density at radius 1 is 0.309 bits per heavy atom. The number of carbonyl (C=O) groups is 3. The van der Waals surface area contributed by atoms with Gasteiger partial charge in [0.1, 0.15) is 13.2 Å². The lowest BCUT2D eigenvalue weighted by Crippen LogP contribution is -2.30. The van der Waals surface area contributed by atoms with Crippen molar-refractivity contribution in [1.29, 1.82) is 0 Å². The molecule has 0 fully saturated rings. The second-order valence-electron chi connectivity index (χ2n) is 18.8. The largest absolute Gasteiger partial charge is 0.462 e. The minimum Gasteiger partial charge on any atom is -0.462 e. The summed E-state index contributed by atoms with van der Waals surface area (Å²) in [5, 5.41) is 0. The normalized spacial score (nSPS) is 12.7. The first-order chi connectivity index (χ1) is 33.5. The van der Waals surface area contributed by atoms with Gasteiger partial charge in [-0.15, -0.1) is 0 Å². The van der Waals surface area contributed by atoms with E-state index >= 15 is 0 Å². The monoisotopic (exact) mass is 947 g/mol. The molecule has 0 amide bonds. The topological polar surface area (TPSA) is 78.9 Å². The third kappa shape index (κ3) is 53.5. The van der Waals surface area contributed by atoms with Crippen LogP contribution >= 0.6 is 0 Å². The quantitative estimate of drug-likeness (QED) is 0.0262. The van der Waals surface area contributed by atoms with Crippen molar-refractivity contribution in [2.45, 2.75) is 277 Å². The van der Waals surface area contributed by atoms with Gasteiger partial charge in [0, 0.05) is 19.3 Å². The first-order valence-electron chi connectivity index (χ1n) is 28.6. The van der Waals surface area contributed by atoms with Crippen LogP contribution in [0.2, 0.25) is 0 Å². The third-order valence-electron chi connectivity index (χ3n) is 12.2. The minimum atomic E-state index is -0.775. The summed E-state index contributed by atoms with van der Waals surface area (Å²) in [5.41, 5.74) is 0. The van der Waals surface area contributed by atoms with Crippen molar-refractivity contribution in [1.82, 2.24) is 0 Å². The number of unbranched alkanes of at least 4 members (excludes halogenated alkanes) is 26. The van der Waals surface area contributed by atoms with Crippen LogP contribution in [-0.2, 0) is 28.6 Å². The van der Waals surface area contributed by atoms with Crippen molar-refractivity contribution in [2.24, 2.45) is 0 Å². The fourth-order valence-corrected chi connectivity index (χ4v) is 7.89. The van der Waals surface area contributed by atoms with Crippen LogP contribution in [0, 0.1) is 0 Å². The zero-order valence-electron chi connectivity index (χ0n) is 44.6. The average Bonchev–Trinajstić information content (AvgIpc) is 3.34. The lowest BCUT2D eigenvalue weighted by Gasteiger charge is -2.18. The van der Waals surface area contributed by atoms with Crippen molar-refractivity contribution in [3.63, 3.8) is 0 Å². The number of allylic oxidation sites excluding steroid dienone is 14. The summed E-state index contributed by atoms with van der Waals surface area (Å²) < 4.78 is 16.8. The molecule has 390 valence electrons. The van der Waals surface area contributed by atoms with Gasteiger partial charge in [-0.3, -0.25) is 14.4 Å². The number of esters is 3. The average molecular weight is 948 g/mol. The third-order valence-corrected chi connectivity index (χ3v) is 12.2. The Morgan fingerprint density at radius 3 is 0.897 bits per heavy atom. The fraction of sp³-hybridized carbons (Fsp3) is 0.726. The van der Waals surface area contributed by atoms with E-state index in [2.05, 4.69) is 106 Å². The standard InChI is InChI=1S/C62H106O6/c1-4-7-10-13-16-18-20-22-24-25-26-27-28-29-30-31-32-33-34-35-36-37-38-40-41-43-46-49-52-55-61(64)67-58-59(57-66-60(63)54-51-48-45-15-12-9-6-3)68-62(65)56-53-50-47-44-42-39-23-21-19-17-14-11-8-5-2/h7,10,16,18,22,24,26-27,29-30,32-33,35-36,59H,4-6,8-9,11-15,17,19-21,23,25,28,31,34,37-58H2,1-3H3/b10-7-,18-16-,24-22-,27-26-,30-29-,33-32-,36-35-. The van der Waals surface area contributed by atoms with Crippen molar-refractivity contribution in [3.05, 3.63) is 85.1 Å².